The molecule has 0 radical (unpaired) electrons. The fourth-order valence-electron chi connectivity index (χ4n) is 5.72. The molecule has 1 aromatic heterocycles. The number of nitrogens with zero attached hydrogens (tertiary/aromatic N) is 3. The van der Waals surface area contributed by atoms with Gasteiger partial charge in [0, 0.05) is 36.3 Å². The lowest BCUT2D eigenvalue weighted by molar-refractivity contribution is 0.136. The second kappa shape index (κ2) is 7.53. The Morgan fingerprint density at radius 2 is 1.93 bits per heavy atom. The molecule has 3 heterocycles. The number of fused-ring (bicyclic) bond motifs is 2. The maximum absolute atomic E-state index is 5.66. The molecule has 2 saturated heterocycles. The van der Waals surface area contributed by atoms with Crippen LogP contribution in [0.5, 0.6) is 5.75 Å². The first-order valence-electron chi connectivity index (χ1n) is 10.9. The zero-order valence-electron chi connectivity index (χ0n) is 17.0. The molecule has 1 atom stereocenters. The summed E-state index contributed by atoms with van der Waals surface area (Å²) in [6.45, 7) is 6.82. The van der Waals surface area contributed by atoms with E-state index in [9.17, 15) is 0 Å². The minimum Gasteiger partial charge on any atom is -0.496 e. The van der Waals surface area contributed by atoms with Gasteiger partial charge in [-0.2, -0.15) is 5.10 Å². The van der Waals surface area contributed by atoms with Crippen molar-refractivity contribution in [1.82, 2.24) is 20.0 Å². The maximum Gasteiger partial charge on any atom is 0.123 e. The molecular formula is C23H32N4O. The highest BCUT2D eigenvalue weighted by atomic mass is 16.5. The highest BCUT2D eigenvalue weighted by Crippen LogP contribution is 2.44. The summed E-state index contributed by atoms with van der Waals surface area (Å²) in [5, 5.41) is 7.65. The lowest BCUT2D eigenvalue weighted by atomic mass is 9.77. The van der Waals surface area contributed by atoms with Gasteiger partial charge in [0.15, 0.2) is 0 Å². The molecule has 0 bridgehead atoms. The molecule has 2 aliphatic heterocycles. The summed E-state index contributed by atoms with van der Waals surface area (Å²) >= 11 is 0. The van der Waals surface area contributed by atoms with Gasteiger partial charge in [-0.15, -0.1) is 0 Å². The number of nitrogens with one attached hydrogen (secondary N) is 1. The zero-order chi connectivity index (χ0) is 19.0. The summed E-state index contributed by atoms with van der Waals surface area (Å²) in [6.07, 6.45) is 9.72. The first-order valence-corrected chi connectivity index (χ1v) is 10.9. The lowest BCUT2D eigenvalue weighted by Gasteiger charge is -2.40. The molecule has 28 heavy (non-hydrogen) atoms. The summed E-state index contributed by atoms with van der Waals surface area (Å²) in [6, 6.07) is 6.81. The second-order valence-electron chi connectivity index (χ2n) is 8.99. The number of aryl methyl sites for hydroxylation is 1. The maximum atomic E-state index is 5.66. The van der Waals surface area contributed by atoms with Crippen LogP contribution < -0.4 is 4.74 Å². The third kappa shape index (κ3) is 3.35. The third-order valence-electron chi connectivity index (χ3n) is 7.12. The predicted molar refractivity (Wildman–Crippen MR) is 111 cm³/mol. The highest BCUT2D eigenvalue weighted by molar-refractivity contribution is 5.38. The van der Waals surface area contributed by atoms with E-state index in [1.54, 1.807) is 7.11 Å². The van der Waals surface area contributed by atoms with Gasteiger partial charge in [0.1, 0.15) is 5.75 Å². The number of likely N-dealkylation sites (tertiary alicyclic amines) is 2. The van der Waals surface area contributed by atoms with Crippen LogP contribution in [0, 0.1) is 0 Å². The van der Waals surface area contributed by atoms with E-state index in [2.05, 4.69) is 38.2 Å². The zero-order valence-corrected chi connectivity index (χ0v) is 17.0. The Bertz CT molecular complexity index is 826. The Hall–Kier alpha value is -1.85. The van der Waals surface area contributed by atoms with Crippen molar-refractivity contribution in [3.05, 3.63) is 46.8 Å². The predicted octanol–water partition coefficient (Wildman–Crippen LogP) is 3.49. The number of hydrogen-bond acceptors (Lipinski definition) is 4. The highest BCUT2D eigenvalue weighted by Gasteiger charge is 2.43. The average molecular weight is 381 g/mol. The molecule has 1 unspecified atom stereocenters. The van der Waals surface area contributed by atoms with Gasteiger partial charge in [0.25, 0.3) is 0 Å². The number of benzene rings is 1. The molecule has 2 fully saturated rings. The van der Waals surface area contributed by atoms with Crippen molar-refractivity contribution < 1.29 is 4.74 Å². The van der Waals surface area contributed by atoms with E-state index < -0.39 is 0 Å². The van der Waals surface area contributed by atoms with E-state index in [0.29, 0.717) is 5.41 Å². The lowest BCUT2D eigenvalue weighted by Crippen LogP contribution is -2.44. The minimum atomic E-state index is 0.301. The minimum absolute atomic E-state index is 0.301. The average Bonchev–Trinajstić information content (AvgIpc) is 3.44. The van der Waals surface area contributed by atoms with Crippen LogP contribution in [0.3, 0.4) is 0 Å². The Balaban J connectivity index is 1.31. The Labute approximate surface area is 168 Å². The number of hydrogen-bond donors (Lipinski definition) is 1. The number of aromatic nitrogens is 2. The summed E-state index contributed by atoms with van der Waals surface area (Å²) in [7, 11) is 1.79. The van der Waals surface area contributed by atoms with Crippen LogP contribution in [0.4, 0.5) is 0 Å². The van der Waals surface area contributed by atoms with Crippen molar-refractivity contribution in [2.45, 2.75) is 57.0 Å². The van der Waals surface area contributed by atoms with Crippen LogP contribution in [-0.2, 0) is 24.9 Å². The van der Waals surface area contributed by atoms with Crippen LogP contribution in [0.1, 0.15) is 54.5 Å². The molecule has 5 heteroatoms. The second-order valence-corrected chi connectivity index (χ2v) is 8.99. The van der Waals surface area contributed by atoms with Crippen molar-refractivity contribution in [1.29, 1.82) is 0 Å². The fraction of sp³-hybridized carbons (Fsp3) is 0.609. The summed E-state index contributed by atoms with van der Waals surface area (Å²) in [4.78, 5) is 5.21. The normalized spacial score (nSPS) is 25.5. The molecule has 0 saturated carbocycles. The Kier molecular flexibility index (Phi) is 4.89. The monoisotopic (exact) mass is 380 g/mol. The molecule has 5 rings (SSSR count). The number of methoxy groups -OCH3 is 1. The van der Waals surface area contributed by atoms with E-state index in [4.69, 9.17) is 4.74 Å². The van der Waals surface area contributed by atoms with Crippen molar-refractivity contribution in [2.75, 3.05) is 33.3 Å². The molecule has 1 aromatic carbocycles. The molecule has 3 aliphatic rings. The number of ether oxygens (including phenoxy) is 1. The molecule has 1 spiro atoms. The summed E-state index contributed by atoms with van der Waals surface area (Å²) in [5.41, 5.74) is 5.91. The number of rotatable bonds is 5. The van der Waals surface area contributed by atoms with Crippen molar-refractivity contribution >= 4 is 0 Å². The molecular weight excluding hydrogens is 348 g/mol. The molecule has 2 aromatic rings. The molecule has 0 amide bonds. The van der Waals surface area contributed by atoms with Gasteiger partial charge in [0.2, 0.25) is 0 Å². The molecule has 150 valence electrons. The molecule has 5 nitrogen and oxygen atoms in total. The van der Waals surface area contributed by atoms with Gasteiger partial charge < -0.3 is 4.74 Å². The van der Waals surface area contributed by atoms with Crippen LogP contribution >= 0.6 is 0 Å². The smallest absolute Gasteiger partial charge is 0.123 e. The number of aromatic amines is 1. The van der Waals surface area contributed by atoms with Crippen molar-refractivity contribution in [3.63, 3.8) is 0 Å². The van der Waals surface area contributed by atoms with Gasteiger partial charge >= 0.3 is 0 Å². The first-order chi connectivity index (χ1) is 13.8. The largest absolute Gasteiger partial charge is 0.496 e. The molecule has 1 N–H and O–H groups in total. The van der Waals surface area contributed by atoms with Gasteiger partial charge in [-0.3, -0.25) is 14.9 Å². The van der Waals surface area contributed by atoms with E-state index in [0.717, 1.165) is 25.4 Å². The van der Waals surface area contributed by atoms with E-state index >= 15 is 0 Å². The van der Waals surface area contributed by atoms with Gasteiger partial charge in [-0.1, -0.05) is 6.07 Å². The van der Waals surface area contributed by atoms with Crippen molar-refractivity contribution in [3.8, 4) is 5.75 Å². The van der Waals surface area contributed by atoms with Gasteiger partial charge in [0.05, 0.1) is 13.3 Å². The van der Waals surface area contributed by atoms with Gasteiger partial charge in [-0.25, -0.2) is 0 Å². The first kappa shape index (κ1) is 18.2. The van der Waals surface area contributed by atoms with Crippen molar-refractivity contribution in [2.24, 2.45) is 0 Å². The molecule has 1 aliphatic carbocycles. The number of piperidine rings is 1. The van der Waals surface area contributed by atoms with E-state index in [1.165, 1.54) is 80.5 Å². The van der Waals surface area contributed by atoms with E-state index in [1.807, 2.05) is 6.20 Å². The van der Waals surface area contributed by atoms with Crippen LogP contribution in [0.25, 0.3) is 0 Å². The number of H-pyrrole nitrogens is 1. The topological polar surface area (TPSA) is 44.4 Å². The van der Waals surface area contributed by atoms with Crippen LogP contribution in [0.2, 0.25) is 0 Å². The third-order valence-corrected chi connectivity index (χ3v) is 7.12. The Morgan fingerprint density at radius 1 is 1.07 bits per heavy atom. The van der Waals surface area contributed by atoms with Gasteiger partial charge in [-0.05, 0) is 81.4 Å². The van der Waals surface area contributed by atoms with Crippen LogP contribution in [0.15, 0.2) is 24.4 Å². The summed E-state index contributed by atoms with van der Waals surface area (Å²) < 4.78 is 5.66. The fourth-order valence-corrected chi connectivity index (χ4v) is 5.72. The quantitative estimate of drug-likeness (QED) is 0.862. The van der Waals surface area contributed by atoms with Crippen LogP contribution in [-0.4, -0.2) is 53.3 Å². The SMILES string of the molecule is COc1ccc(CN2CCCC3(CCc4cn[nH]c43)C2)cc1CN1CCCC1. The summed E-state index contributed by atoms with van der Waals surface area (Å²) in [5.74, 6) is 1.03. The standard InChI is InChI=1S/C23H32N4O/c1-28-21-6-5-18(13-20(21)16-26-10-2-3-11-26)15-27-12-4-8-23(17-27)9-7-19-14-24-25-22(19)23/h5-6,13-14H,2-4,7-12,15-17H2,1H3,(H,24,25). The van der Waals surface area contributed by atoms with E-state index in [-0.39, 0.29) is 0 Å². The Morgan fingerprint density at radius 3 is 2.79 bits per heavy atom.